The fraction of sp³-hybridized carbons (Fsp3) is 0.431. The number of aryl methyl sites for hydroxylation is 2. The van der Waals surface area contributed by atoms with E-state index in [1.54, 1.807) is 61.1 Å². The number of hydrogen-bond acceptors (Lipinski definition) is 15. The summed E-state index contributed by atoms with van der Waals surface area (Å²) in [6, 6.07) is 31.1. The van der Waals surface area contributed by atoms with Crippen molar-refractivity contribution in [1.29, 1.82) is 0 Å². The third kappa shape index (κ3) is 17.8. The van der Waals surface area contributed by atoms with Crippen molar-refractivity contribution in [2.45, 2.75) is 45.3 Å². The van der Waals surface area contributed by atoms with E-state index in [1.165, 1.54) is 12.8 Å². The molecule has 18 heteroatoms. The first-order valence-electron chi connectivity index (χ1n) is 23.3. The summed E-state index contributed by atoms with van der Waals surface area (Å²) in [6.07, 6.45) is 11.5. The van der Waals surface area contributed by atoms with Gasteiger partial charge in [-0.2, -0.15) is 20.5 Å². The van der Waals surface area contributed by atoms with Gasteiger partial charge in [0.2, 0.25) is 0 Å². The number of nitrogens with zero attached hydrogens (tertiary/aromatic N) is 9. The molecule has 3 aromatic heterocycles. The van der Waals surface area contributed by atoms with Crippen molar-refractivity contribution in [2.24, 2.45) is 20.5 Å². The van der Waals surface area contributed by atoms with Crippen molar-refractivity contribution < 1.29 is 41.4 Å². The molecular formula is C51H71N9O7SSi+2. The molecule has 3 aromatic carbocycles. The molecule has 3 heterocycles. The Hall–Kier alpha value is -5.41. The first-order chi connectivity index (χ1) is 33.8. The van der Waals surface area contributed by atoms with Crippen molar-refractivity contribution in [3.8, 4) is 10.6 Å². The molecule has 0 unspecified atom stereocenters. The molecule has 370 valence electrons. The third-order valence-corrected chi connectivity index (χ3v) is 15.1. The summed E-state index contributed by atoms with van der Waals surface area (Å²) in [5, 5.41) is 18.7. The minimum atomic E-state index is -2.52. The Morgan fingerprint density at radius 2 is 0.942 bits per heavy atom. The van der Waals surface area contributed by atoms with E-state index in [0.29, 0.717) is 26.4 Å². The Labute approximate surface area is 413 Å². The van der Waals surface area contributed by atoms with Gasteiger partial charge in [-0.15, -0.1) is 11.3 Å². The molecule has 0 atom stereocenters. The lowest BCUT2D eigenvalue weighted by molar-refractivity contribution is -0.697. The van der Waals surface area contributed by atoms with E-state index in [4.69, 9.17) is 37.2 Å². The monoisotopic (exact) mass is 981 g/mol. The maximum atomic E-state index is 5.47. The first kappa shape index (κ1) is 54.5. The first-order valence-corrected chi connectivity index (χ1v) is 26.1. The van der Waals surface area contributed by atoms with Gasteiger partial charge in [-0.3, -0.25) is 0 Å². The van der Waals surface area contributed by atoms with Crippen LogP contribution >= 0.6 is 11.3 Å². The highest BCUT2D eigenvalue weighted by atomic mass is 32.1. The average Bonchev–Trinajstić information content (AvgIpc) is 3.83. The zero-order valence-corrected chi connectivity index (χ0v) is 43.5. The molecule has 0 radical (unpaired) electrons. The van der Waals surface area contributed by atoms with Crippen LogP contribution in [-0.2, 0) is 45.3 Å². The molecule has 0 aliphatic rings. The lowest BCUT2D eigenvalue weighted by Gasteiger charge is -2.24. The van der Waals surface area contributed by atoms with Crippen LogP contribution in [-0.4, -0.2) is 116 Å². The summed E-state index contributed by atoms with van der Waals surface area (Å²) in [7, 11) is 9.24. The maximum absolute atomic E-state index is 5.47. The number of fused-ring (bicyclic) bond motifs is 1. The summed E-state index contributed by atoms with van der Waals surface area (Å²) in [6.45, 7) is 9.96. The summed E-state index contributed by atoms with van der Waals surface area (Å²) >= 11 is 1.68. The second-order valence-corrected chi connectivity index (χ2v) is 20.0. The van der Waals surface area contributed by atoms with Gasteiger partial charge in [0.1, 0.15) is 18.1 Å². The van der Waals surface area contributed by atoms with Gasteiger partial charge in [0.05, 0.1) is 59.4 Å². The molecule has 0 aliphatic carbocycles. The number of thiazole rings is 1. The van der Waals surface area contributed by atoms with E-state index in [1.807, 2.05) is 73.1 Å². The Bertz CT molecular complexity index is 2380. The summed E-state index contributed by atoms with van der Waals surface area (Å²) in [4.78, 5) is 9.28. The van der Waals surface area contributed by atoms with Crippen molar-refractivity contribution in [1.82, 2.24) is 4.98 Å². The Balaban J connectivity index is 0.000000259. The van der Waals surface area contributed by atoms with Gasteiger partial charge in [-0.25, -0.2) is 14.1 Å². The molecule has 0 bridgehead atoms. The van der Waals surface area contributed by atoms with Gasteiger partial charge in [0.25, 0.3) is 0 Å². The van der Waals surface area contributed by atoms with Crippen molar-refractivity contribution in [3.05, 3.63) is 116 Å². The zero-order chi connectivity index (χ0) is 49.1. The molecule has 6 rings (SSSR count). The number of rotatable bonds is 29. The quantitative estimate of drug-likeness (QED) is 0.0253. The van der Waals surface area contributed by atoms with Crippen LogP contribution in [0.1, 0.15) is 26.2 Å². The number of unbranched alkanes of at least 4 members (excludes halogenated alkanes) is 1. The molecule has 16 nitrogen and oxygen atoms in total. The van der Waals surface area contributed by atoms with Gasteiger partial charge in [-0.1, -0.05) is 13.3 Å². The fourth-order valence-electron chi connectivity index (χ4n) is 7.13. The molecule has 0 saturated heterocycles. The van der Waals surface area contributed by atoms with Gasteiger partial charge < -0.3 is 42.0 Å². The van der Waals surface area contributed by atoms with E-state index >= 15 is 0 Å². The molecule has 69 heavy (non-hydrogen) atoms. The van der Waals surface area contributed by atoms with Gasteiger partial charge in [0, 0.05) is 136 Å². The molecule has 0 aliphatic heterocycles. The normalized spacial score (nSPS) is 11.7. The maximum Gasteiger partial charge on any atom is 0.500 e. The molecule has 0 saturated carbocycles. The van der Waals surface area contributed by atoms with E-state index in [9.17, 15) is 0 Å². The van der Waals surface area contributed by atoms with E-state index < -0.39 is 8.80 Å². The van der Waals surface area contributed by atoms with E-state index in [-0.39, 0.29) is 0 Å². The van der Waals surface area contributed by atoms with Crippen LogP contribution in [0.2, 0.25) is 6.04 Å². The number of methoxy groups -OCH3 is 4. The number of pyridine rings is 2. The second kappa shape index (κ2) is 30.2. The van der Waals surface area contributed by atoms with Crippen LogP contribution in [0.4, 0.5) is 34.1 Å². The minimum Gasteiger partial charge on any atom is -0.383 e. The number of azo groups is 2. The molecular weight excluding hydrogens is 911 g/mol. The zero-order valence-electron chi connectivity index (χ0n) is 41.7. The topological polar surface area (TPSA) is 141 Å². The van der Waals surface area contributed by atoms with E-state index in [2.05, 4.69) is 89.0 Å². The molecule has 6 aromatic rings. The largest absolute Gasteiger partial charge is 0.500 e. The van der Waals surface area contributed by atoms with Gasteiger partial charge in [0.15, 0.2) is 24.8 Å². The van der Waals surface area contributed by atoms with Gasteiger partial charge >= 0.3 is 8.80 Å². The average molecular weight is 982 g/mol. The highest BCUT2D eigenvalue weighted by molar-refractivity contribution is 7.21. The predicted molar refractivity (Wildman–Crippen MR) is 276 cm³/mol. The van der Waals surface area contributed by atoms with Crippen LogP contribution in [0.15, 0.2) is 136 Å². The second-order valence-electron chi connectivity index (χ2n) is 15.9. The fourth-order valence-corrected chi connectivity index (χ4v) is 9.83. The number of aromatic nitrogens is 3. The Morgan fingerprint density at radius 1 is 0.522 bits per heavy atom. The lowest BCUT2D eigenvalue weighted by Crippen LogP contribution is -2.44. The summed E-state index contributed by atoms with van der Waals surface area (Å²) in [5.41, 5.74) is 7.55. The predicted octanol–water partition coefficient (Wildman–Crippen LogP) is 10.3. The minimum absolute atomic E-state index is 0.660. The number of anilines is 2. The number of ether oxygens (including phenoxy) is 4. The SMILES string of the molecule is CCCC[n+]1ccc(-c2nc3ccc(N=Nc4ccc(N(CCOC)CCOC)cc4)cc3s2)cc1.COCCN(CCOC)c1ccc(N=Nc2cc[n+](CCC[Si](OC)(OC)OC)cc2)cc1. The Morgan fingerprint density at radius 3 is 1.39 bits per heavy atom. The third-order valence-electron chi connectivity index (χ3n) is 11.2. The summed E-state index contributed by atoms with van der Waals surface area (Å²) in [5.74, 6) is 0. The Kier molecular flexibility index (Phi) is 23.9. The number of hydrogen-bond donors (Lipinski definition) is 0. The summed E-state index contributed by atoms with van der Waals surface area (Å²) < 4.78 is 42.7. The van der Waals surface area contributed by atoms with Crippen LogP contribution in [0.5, 0.6) is 0 Å². The molecule has 0 N–H and O–H groups in total. The van der Waals surface area contributed by atoms with Crippen molar-refractivity contribution in [2.75, 3.05) is 112 Å². The molecule has 0 fully saturated rings. The van der Waals surface area contributed by atoms with Crippen LogP contribution in [0.3, 0.4) is 0 Å². The lowest BCUT2D eigenvalue weighted by atomic mass is 10.2. The van der Waals surface area contributed by atoms with Crippen molar-refractivity contribution >= 4 is 64.5 Å². The smallest absolute Gasteiger partial charge is 0.383 e. The molecule has 0 spiro atoms. The van der Waals surface area contributed by atoms with Crippen molar-refractivity contribution in [3.63, 3.8) is 0 Å². The number of benzene rings is 3. The van der Waals surface area contributed by atoms with Crippen LogP contribution in [0, 0.1) is 0 Å². The van der Waals surface area contributed by atoms with Gasteiger partial charge in [-0.05, 0) is 66.7 Å². The van der Waals surface area contributed by atoms with Crippen LogP contribution < -0.4 is 18.9 Å². The highest BCUT2D eigenvalue weighted by Gasteiger charge is 2.37. The highest BCUT2D eigenvalue weighted by Crippen LogP contribution is 2.33. The standard InChI is InChI=1S/C28H34N5O2S.C23H37N4O5Si/c1-4-5-14-32-15-12-22(13-16-32)28-29-26-11-8-24(21-27(26)36-28)31-30-23-6-9-25(10-7-23)33(17-19-34-2)18-20-35-3;1-28-18-16-27(17-19-29-2)23-9-7-21(8-10-23)24-25-22-11-14-26(15-12-22)13-6-20-33(30-3,31-4)32-5/h6-13,15-16,21H,4-5,14,17-20H2,1-3H3;7-12,14-15H,6,13,16-20H2,1-5H3/q2*+1. The van der Waals surface area contributed by atoms with Crippen LogP contribution in [0.25, 0.3) is 20.8 Å². The molecule has 0 amide bonds. The van der Waals surface area contributed by atoms with E-state index in [0.717, 1.165) is 107 Å².